The number of halogens is 1. The number of hydrogen-bond donors (Lipinski definition) is 1. The zero-order chi connectivity index (χ0) is 8.27. The Hall–Kier alpha value is -0.160. The molecule has 2 nitrogen and oxygen atoms in total. The molecule has 60 valence electrons. The molecule has 0 saturated heterocycles. The predicted molar refractivity (Wildman–Crippen MR) is 54.5 cm³/mol. The van der Waals surface area contributed by atoms with E-state index in [-0.39, 0.29) is 0 Å². The fourth-order valence-corrected chi connectivity index (χ4v) is 1.48. The molecule has 1 aromatic rings. The largest absolute Gasteiger partial charge is 0.316 e. The third-order valence-corrected chi connectivity index (χ3v) is 2.13. The van der Waals surface area contributed by atoms with Crippen LogP contribution in [0.3, 0.4) is 0 Å². The van der Waals surface area contributed by atoms with Gasteiger partial charge in [-0.1, -0.05) is 6.07 Å². The third-order valence-electron chi connectivity index (χ3n) is 1.53. The van der Waals surface area contributed by atoms with Crippen molar-refractivity contribution in [1.82, 2.24) is 10.3 Å². The van der Waals surface area contributed by atoms with Gasteiger partial charge in [0.25, 0.3) is 0 Å². The number of nitrogens with zero attached hydrogens (tertiary/aromatic N) is 1. The lowest BCUT2D eigenvalue weighted by Gasteiger charge is -2.03. The zero-order valence-corrected chi connectivity index (χ0v) is 8.84. The molecule has 0 amide bonds. The van der Waals surface area contributed by atoms with Gasteiger partial charge in [0.1, 0.15) is 3.70 Å². The fourth-order valence-electron chi connectivity index (χ4n) is 0.937. The third kappa shape index (κ3) is 2.41. The maximum atomic E-state index is 4.34. The van der Waals surface area contributed by atoms with Crippen molar-refractivity contribution in [2.75, 3.05) is 7.05 Å². The molecule has 1 N–H and O–H groups in total. The molecule has 0 saturated carbocycles. The van der Waals surface area contributed by atoms with Crippen molar-refractivity contribution in [2.45, 2.75) is 13.5 Å². The topological polar surface area (TPSA) is 24.9 Å². The van der Waals surface area contributed by atoms with Gasteiger partial charge in [-0.15, -0.1) is 0 Å². The lowest BCUT2D eigenvalue weighted by Crippen LogP contribution is -2.07. The molecule has 0 fully saturated rings. The van der Waals surface area contributed by atoms with Crippen LogP contribution in [0, 0.1) is 10.6 Å². The molecule has 0 aliphatic rings. The van der Waals surface area contributed by atoms with Crippen molar-refractivity contribution in [2.24, 2.45) is 0 Å². The highest BCUT2D eigenvalue weighted by molar-refractivity contribution is 14.1. The van der Waals surface area contributed by atoms with Crippen molar-refractivity contribution in [3.8, 4) is 0 Å². The first-order chi connectivity index (χ1) is 5.24. The van der Waals surface area contributed by atoms with Crippen LogP contribution in [0.15, 0.2) is 12.1 Å². The summed E-state index contributed by atoms with van der Waals surface area (Å²) in [6, 6.07) is 4.14. The molecule has 0 bridgehead atoms. The van der Waals surface area contributed by atoms with Gasteiger partial charge in [-0.3, -0.25) is 0 Å². The first kappa shape index (κ1) is 8.93. The maximum absolute atomic E-state index is 4.34. The summed E-state index contributed by atoms with van der Waals surface area (Å²) in [5.74, 6) is 0. The first-order valence-electron chi connectivity index (χ1n) is 3.50. The summed E-state index contributed by atoms with van der Waals surface area (Å²) in [6.45, 7) is 2.94. The predicted octanol–water partition coefficient (Wildman–Crippen LogP) is 1.71. The van der Waals surface area contributed by atoms with E-state index in [1.54, 1.807) is 0 Å². The van der Waals surface area contributed by atoms with Crippen LogP contribution >= 0.6 is 22.6 Å². The van der Waals surface area contributed by atoms with Crippen LogP contribution < -0.4 is 5.32 Å². The van der Waals surface area contributed by atoms with Crippen molar-refractivity contribution in [1.29, 1.82) is 0 Å². The van der Waals surface area contributed by atoms with E-state index in [1.165, 1.54) is 5.56 Å². The molecule has 11 heavy (non-hydrogen) atoms. The van der Waals surface area contributed by atoms with E-state index < -0.39 is 0 Å². The van der Waals surface area contributed by atoms with E-state index in [0.29, 0.717) is 0 Å². The minimum absolute atomic E-state index is 0.899. The average molecular weight is 262 g/mol. The quantitative estimate of drug-likeness (QED) is 0.648. The number of nitrogens with one attached hydrogen (secondary N) is 1. The van der Waals surface area contributed by atoms with Crippen LogP contribution in [0.5, 0.6) is 0 Å². The Labute approximate surface area is 80.6 Å². The van der Waals surface area contributed by atoms with Gasteiger partial charge in [0.05, 0.1) is 0 Å². The Kier molecular flexibility index (Phi) is 3.26. The van der Waals surface area contributed by atoms with Crippen LogP contribution in [0.2, 0.25) is 0 Å². The molecule has 1 rings (SSSR count). The number of rotatable bonds is 2. The van der Waals surface area contributed by atoms with Crippen molar-refractivity contribution in [3.63, 3.8) is 0 Å². The Morgan fingerprint density at radius 3 is 2.82 bits per heavy atom. The van der Waals surface area contributed by atoms with Gasteiger partial charge in [0.2, 0.25) is 0 Å². The summed E-state index contributed by atoms with van der Waals surface area (Å²) >= 11 is 2.22. The molecule has 1 aromatic heterocycles. The summed E-state index contributed by atoms with van der Waals surface area (Å²) in [6.07, 6.45) is 0. The lowest BCUT2D eigenvalue weighted by atomic mass is 10.2. The Balaban J connectivity index is 2.90. The Morgan fingerprint density at radius 1 is 1.55 bits per heavy atom. The molecule has 0 atom stereocenters. The molecule has 3 heteroatoms. The van der Waals surface area contributed by atoms with Crippen molar-refractivity contribution < 1.29 is 0 Å². The molecule has 0 aliphatic heterocycles. The summed E-state index contributed by atoms with van der Waals surface area (Å²) in [4.78, 5) is 4.34. The summed E-state index contributed by atoms with van der Waals surface area (Å²) < 4.78 is 1.06. The van der Waals surface area contributed by atoms with Gasteiger partial charge in [0.15, 0.2) is 0 Å². The van der Waals surface area contributed by atoms with Crippen LogP contribution in [0.1, 0.15) is 11.3 Å². The lowest BCUT2D eigenvalue weighted by molar-refractivity contribution is 0.803. The molecular formula is C8H11IN2. The van der Waals surface area contributed by atoms with E-state index in [4.69, 9.17) is 0 Å². The molecule has 0 aromatic carbocycles. The second-order valence-corrected chi connectivity index (χ2v) is 3.51. The smallest absolute Gasteiger partial charge is 0.101 e. The first-order valence-corrected chi connectivity index (χ1v) is 4.58. The Bertz CT molecular complexity index is 248. The van der Waals surface area contributed by atoms with Crippen molar-refractivity contribution >= 4 is 22.6 Å². The number of aryl methyl sites for hydroxylation is 1. The molecule has 0 radical (unpaired) electrons. The minimum atomic E-state index is 0.899. The molecule has 0 aliphatic carbocycles. The number of pyridine rings is 1. The van der Waals surface area contributed by atoms with E-state index in [2.05, 4.69) is 39.0 Å². The van der Waals surface area contributed by atoms with Gasteiger partial charge in [-0.2, -0.15) is 0 Å². The second kappa shape index (κ2) is 4.01. The highest BCUT2D eigenvalue weighted by Crippen LogP contribution is 2.07. The molecular weight excluding hydrogens is 251 g/mol. The molecule has 0 unspecified atom stereocenters. The number of hydrogen-bond acceptors (Lipinski definition) is 2. The maximum Gasteiger partial charge on any atom is 0.101 e. The SMILES string of the molecule is CNCc1ccc(I)nc1C. The molecule has 0 spiro atoms. The Morgan fingerprint density at radius 2 is 2.27 bits per heavy atom. The van der Waals surface area contributed by atoms with Gasteiger partial charge >= 0.3 is 0 Å². The fraction of sp³-hybridized carbons (Fsp3) is 0.375. The number of aromatic nitrogens is 1. The van der Waals surface area contributed by atoms with E-state index in [0.717, 1.165) is 15.9 Å². The van der Waals surface area contributed by atoms with Crippen LogP contribution in [0.4, 0.5) is 0 Å². The van der Waals surface area contributed by atoms with Gasteiger partial charge in [-0.05, 0) is 48.2 Å². The minimum Gasteiger partial charge on any atom is -0.316 e. The summed E-state index contributed by atoms with van der Waals surface area (Å²) in [7, 11) is 1.94. The van der Waals surface area contributed by atoms with Gasteiger partial charge in [0, 0.05) is 12.2 Å². The zero-order valence-electron chi connectivity index (χ0n) is 6.69. The van der Waals surface area contributed by atoms with Crippen LogP contribution in [0.25, 0.3) is 0 Å². The van der Waals surface area contributed by atoms with E-state index >= 15 is 0 Å². The summed E-state index contributed by atoms with van der Waals surface area (Å²) in [5, 5.41) is 3.10. The van der Waals surface area contributed by atoms with Crippen LogP contribution in [-0.2, 0) is 6.54 Å². The summed E-state index contributed by atoms with van der Waals surface area (Å²) in [5.41, 5.74) is 2.39. The van der Waals surface area contributed by atoms with E-state index in [9.17, 15) is 0 Å². The highest BCUT2D eigenvalue weighted by Gasteiger charge is 1.97. The standard InChI is InChI=1S/C8H11IN2/c1-6-7(5-10-2)3-4-8(9)11-6/h3-4,10H,5H2,1-2H3. The molecule has 1 heterocycles. The van der Waals surface area contributed by atoms with Gasteiger partial charge in [-0.25, -0.2) is 4.98 Å². The van der Waals surface area contributed by atoms with Gasteiger partial charge < -0.3 is 5.32 Å². The normalized spacial score (nSPS) is 10.1. The monoisotopic (exact) mass is 262 g/mol. The second-order valence-electron chi connectivity index (χ2n) is 2.41. The van der Waals surface area contributed by atoms with Crippen molar-refractivity contribution in [3.05, 3.63) is 27.1 Å². The highest BCUT2D eigenvalue weighted by atomic mass is 127. The van der Waals surface area contributed by atoms with Crippen LogP contribution in [-0.4, -0.2) is 12.0 Å². The average Bonchev–Trinajstić information content (AvgIpc) is 1.95. The van der Waals surface area contributed by atoms with E-state index in [1.807, 2.05) is 20.0 Å².